The summed E-state index contributed by atoms with van der Waals surface area (Å²) in [6.45, 7) is 2.40. The number of rotatable bonds is 8. The lowest BCUT2D eigenvalue weighted by Gasteiger charge is -2.19. The summed E-state index contributed by atoms with van der Waals surface area (Å²) in [7, 11) is 0. The molecule has 3 amide bonds. The standard InChI is InChI=1S/C30H28N2O4S/c1-2-36-26-15-9-8-14-25(26)31-28(33)27(20-10-4-3-5-11-20)37-22-18-16-21(17-19-22)32-29(34)23-12-6-7-13-24(23)30(32)35/h3-11,14-19,23-24,27H,2,12-13H2,1H3,(H,31,33)/t23-,24-,27-/m1/s1. The molecule has 3 aromatic rings. The molecule has 1 fully saturated rings. The van der Waals surface area contributed by atoms with Gasteiger partial charge in [-0.15, -0.1) is 11.8 Å². The van der Waals surface area contributed by atoms with Gasteiger partial charge in [0.1, 0.15) is 11.0 Å². The normalized spacial score (nSPS) is 19.4. The van der Waals surface area contributed by atoms with Crippen LogP contribution in [0.25, 0.3) is 0 Å². The molecule has 3 aromatic carbocycles. The number of thioether (sulfide) groups is 1. The average Bonchev–Trinajstić information content (AvgIpc) is 3.19. The molecule has 1 N–H and O–H groups in total. The van der Waals surface area contributed by atoms with Crippen molar-refractivity contribution in [2.75, 3.05) is 16.8 Å². The summed E-state index contributed by atoms with van der Waals surface area (Å²) in [6, 6.07) is 24.3. The zero-order chi connectivity index (χ0) is 25.8. The number of carbonyl (C=O) groups excluding carboxylic acids is 3. The van der Waals surface area contributed by atoms with Crippen molar-refractivity contribution in [3.05, 3.63) is 96.6 Å². The number of para-hydroxylation sites is 2. The van der Waals surface area contributed by atoms with Crippen LogP contribution in [0.5, 0.6) is 5.75 Å². The molecular formula is C30H28N2O4S. The van der Waals surface area contributed by atoms with Crippen LogP contribution in [-0.2, 0) is 14.4 Å². The van der Waals surface area contributed by atoms with E-state index < -0.39 is 5.25 Å². The zero-order valence-electron chi connectivity index (χ0n) is 20.5. The van der Waals surface area contributed by atoms with Gasteiger partial charge in [-0.2, -0.15) is 0 Å². The smallest absolute Gasteiger partial charge is 0.242 e. The largest absolute Gasteiger partial charge is 0.492 e. The number of amides is 3. The number of fused-ring (bicyclic) bond motifs is 1. The minimum absolute atomic E-state index is 0.130. The van der Waals surface area contributed by atoms with Gasteiger partial charge in [-0.1, -0.05) is 54.6 Å². The van der Waals surface area contributed by atoms with Crippen LogP contribution in [0.1, 0.15) is 30.6 Å². The molecular weight excluding hydrogens is 484 g/mol. The Hall–Kier alpha value is -3.84. The molecule has 3 atom stereocenters. The number of carbonyl (C=O) groups is 3. The summed E-state index contributed by atoms with van der Waals surface area (Å²) < 4.78 is 5.67. The lowest BCUT2D eigenvalue weighted by atomic mass is 9.85. The molecule has 1 heterocycles. The van der Waals surface area contributed by atoms with Gasteiger partial charge in [0.05, 0.1) is 29.8 Å². The van der Waals surface area contributed by atoms with E-state index in [0.717, 1.165) is 10.5 Å². The van der Waals surface area contributed by atoms with E-state index in [9.17, 15) is 14.4 Å². The van der Waals surface area contributed by atoms with Crippen molar-refractivity contribution in [1.82, 2.24) is 0 Å². The molecule has 1 aliphatic heterocycles. The number of anilines is 2. The molecule has 6 nitrogen and oxygen atoms in total. The lowest BCUT2D eigenvalue weighted by molar-refractivity contribution is -0.122. The van der Waals surface area contributed by atoms with Crippen molar-refractivity contribution in [3.63, 3.8) is 0 Å². The van der Waals surface area contributed by atoms with Gasteiger partial charge in [0.2, 0.25) is 17.7 Å². The predicted octanol–water partition coefficient (Wildman–Crippen LogP) is 6.01. The SMILES string of the molecule is CCOc1ccccc1NC(=O)[C@H](Sc1ccc(N2C(=O)[C@@H]3CC=CC[C@H]3C2=O)cc1)c1ccccc1. The monoisotopic (exact) mass is 512 g/mol. The average molecular weight is 513 g/mol. The number of allylic oxidation sites excluding steroid dienone is 2. The highest BCUT2D eigenvalue weighted by atomic mass is 32.2. The fourth-order valence-corrected chi connectivity index (χ4v) is 5.84. The summed E-state index contributed by atoms with van der Waals surface area (Å²) in [4.78, 5) is 41.5. The molecule has 7 heteroatoms. The Balaban J connectivity index is 1.36. The van der Waals surface area contributed by atoms with Crippen LogP contribution >= 0.6 is 11.8 Å². The molecule has 0 spiro atoms. The first-order valence-electron chi connectivity index (χ1n) is 12.4. The van der Waals surface area contributed by atoms with Crippen LogP contribution in [0.2, 0.25) is 0 Å². The molecule has 2 aliphatic rings. The Morgan fingerprint density at radius 1 is 0.919 bits per heavy atom. The molecule has 0 radical (unpaired) electrons. The van der Waals surface area contributed by atoms with Crippen LogP contribution < -0.4 is 15.0 Å². The fourth-order valence-electron chi connectivity index (χ4n) is 4.81. The maximum atomic E-state index is 13.5. The number of benzene rings is 3. The zero-order valence-corrected chi connectivity index (χ0v) is 21.3. The fraction of sp³-hybridized carbons (Fsp3) is 0.233. The van der Waals surface area contributed by atoms with E-state index in [0.29, 0.717) is 36.6 Å². The minimum Gasteiger partial charge on any atom is -0.492 e. The second-order valence-corrected chi connectivity index (χ2v) is 10.2. The van der Waals surface area contributed by atoms with E-state index in [1.807, 2.05) is 85.8 Å². The molecule has 37 heavy (non-hydrogen) atoms. The first-order valence-corrected chi connectivity index (χ1v) is 13.3. The number of hydrogen-bond acceptors (Lipinski definition) is 5. The van der Waals surface area contributed by atoms with Crippen molar-refractivity contribution in [1.29, 1.82) is 0 Å². The lowest BCUT2D eigenvalue weighted by Crippen LogP contribution is -2.30. The molecule has 1 saturated heterocycles. The molecule has 0 bridgehead atoms. The third-order valence-electron chi connectivity index (χ3n) is 6.64. The maximum absolute atomic E-state index is 13.5. The second-order valence-electron chi connectivity index (χ2n) is 8.99. The summed E-state index contributed by atoms with van der Waals surface area (Å²) in [6.07, 6.45) is 5.19. The third kappa shape index (κ3) is 5.18. The molecule has 1 aliphatic carbocycles. The Morgan fingerprint density at radius 3 is 2.19 bits per heavy atom. The summed E-state index contributed by atoms with van der Waals surface area (Å²) in [5.41, 5.74) is 2.05. The van der Waals surface area contributed by atoms with Gasteiger partial charge in [-0.3, -0.25) is 19.3 Å². The Labute approximate surface area is 220 Å². The van der Waals surface area contributed by atoms with Gasteiger partial charge in [0, 0.05) is 4.90 Å². The van der Waals surface area contributed by atoms with E-state index in [4.69, 9.17) is 4.74 Å². The molecule has 0 unspecified atom stereocenters. The Kier molecular flexibility index (Phi) is 7.42. The summed E-state index contributed by atoms with van der Waals surface area (Å²) in [5.74, 6) is -0.345. The second kappa shape index (κ2) is 11.0. The van der Waals surface area contributed by atoms with Gasteiger partial charge >= 0.3 is 0 Å². The topological polar surface area (TPSA) is 75.7 Å². The summed E-state index contributed by atoms with van der Waals surface area (Å²) >= 11 is 1.41. The Bertz CT molecular complexity index is 1300. The summed E-state index contributed by atoms with van der Waals surface area (Å²) in [5, 5.41) is 2.50. The highest BCUT2D eigenvalue weighted by Crippen LogP contribution is 2.40. The number of imide groups is 1. The predicted molar refractivity (Wildman–Crippen MR) is 146 cm³/mol. The maximum Gasteiger partial charge on any atom is 0.242 e. The Morgan fingerprint density at radius 2 is 1.54 bits per heavy atom. The van der Waals surface area contributed by atoms with E-state index in [1.54, 1.807) is 12.1 Å². The first-order chi connectivity index (χ1) is 18.1. The molecule has 5 rings (SSSR count). The number of hydrogen-bond donors (Lipinski definition) is 1. The highest BCUT2D eigenvalue weighted by molar-refractivity contribution is 8.00. The number of ether oxygens (including phenoxy) is 1. The van der Waals surface area contributed by atoms with Crippen molar-refractivity contribution in [2.45, 2.75) is 29.9 Å². The van der Waals surface area contributed by atoms with Gasteiger partial charge in [-0.05, 0) is 61.7 Å². The van der Waals surface area contributed by atoms with Crippen molar-refractivity contribution in [2.24, 2.45) is 11.8 Å². The van der Waals surface area contributed by atoms with Crippen molar-refractivity contribution < 1.29 is 19.1 Å². The van der Waals surface area contributed by atoms with Crippen molar-refractivity contribution in [3.8, 4) is 5.75 Å². The third-order valence-corrected chi connectivity index (χ3v) is 7.91. The van der Waals surface area contributed by atoms with Crippen LogP contribution in [0.4, 0.5) is 11.4 Å². The van der Waals surface area contributed by atoms with Gasteiger partial charge < -0.3 is 10.1 Å². The van der Waals surface area contributed by atoms with Gasteiger partial charge in [0.15, 0.2) is 0 Å². The molecule has 0 aromatic heterocycles. The van der Waals surface area contributed by atoms with Crippen LogP contribution in [0, 0.1) is 11.8 Å². The highest BCUT2D eigenvalue weighted by Gasteiger charge is 2.47. The number of nitrogens with one attached hydrogen (secondary N) is 1. The first kappa shape index (κ1) is 24.8. The van der Waals surface area contributed by atoms with Crippen LogP contribution in [0.15, 0.2) is 95.9 Å². The van der Waals surface area contributed by atoms with Crippen LogP contribution in [0.3, 0.4) is 0 Å². The minimum atomic E-state index is -0.522. The quantitative estimate of drug-likeness (QED) is 0.227. The van der Waals surface area contributed by atoms with E-state index in [1.165, 1.54) is 16.7 Å². The van der Waals surface area contributed by atoms with Gasteiger partial charge in [0.25, 0.3) is 0 Å². The van der Waals surface area contributed by atoms with E-state index in [-0.39, 0.29) is 29.6 Å². The van der Waals surface area contributed by atoms with Crippen molar-refractivity contribution >= 4 is 40.9 Å². The van der Waals surface area contributed by atoms with Gasteiger partial charge in [-0.25, -0.2) is 0 Å². The van der Waals surface area contributed by atoms with E-state index in [2.05, 4.69) is 5.32 Å². The number of nitrogens with zero attached hydrogens (tertiary/aromatic N) is 1. The molecule has 0 saturated carbocycles. The van der Waals surface area contributed by atoms with Crippen LogP contribution in [-0.4, -0.2) is 24.3 Å². The van der Waals surface area contributed by atoms with E-state index >= 15 is 0 Å². The molecule has 188 valence electrons.